The lowest BCUT2D eigenvalue weighted by molar-refractivity contribution is 0.102. The Bertz CT molecular complexity index is 1070. The first-order valence-electron chi connectivity index (χ1n) is 7.41. The van der Waals surface area contributed by atoms with E-state index in [1.54, 1.807) is 16.8 Å². The van der Waals surface area contributed by atoms with Crippen LogP contribution in [0.2, 0.25) is 0 Å². The molecule has 0 saturated heterocycles. The number of hydrogen-bond acceptors (Lipinski definition) is 4. The van der Waals surface area contributed by atoms with Gasteiger partial charge in [-0.1, -0.05) is 18.2 Å². The van der Waals surface area contributed by atoms with Crippen molar-refractivity contribution in [2.45, 2.75) is 0 Å². The number of fused-ring (bicyclic) bond motifs is 1. The van der Waals surface area contributed by atoms with Gasteiger partial charge in [0, 0.05) is 11.5 Å². The number of aromatic nitrogens is 4. The van der Waals surface area contributed by atoms with E-state index in [0.29, 0.717) is 26.9 Å². The van der Waals surface area contributed by atoms with Crippen LogP contribution in [0.4, 0.5) is 5.82 Å². The summed E-state index contributed by atoms with van der Waals surface area (Å²) in [6, 6.07) is 14.3. The highest BCUT2D eigenvalue weighted by atomic mass is 79.9. The molecule has 0 spiro atoms. The first-order valence-corrected chi connectivity index (χ1v) is 8.20. The fraction of sp³-hybridized carbons (Fsp3) is 0. The van der Waals surface area contributed by atoms with Crippen molar-refractivity contribution in [3.05, 3.63) is 64.9 Å². The minimum absolute atomic E-state index is 0.126. The molecule has 0 aliphatic rings. The summed E-state index contributed by atoms with van der Waals surface area (Å²) >= 11 is 3.43. The van der Waals surface area contributed by atoms with E-state index in [-0.39, 0.29) is 11.7 Å². The summed E-state index contributed by atoms with van der Waals surface area (Å²) in [7, 11) is 0. The third-order valence-corrected chi connectivity index (χ3v) is 4.50. The summed E-state index contributed by atoms with van der Waals surface area (Å²) in [5.74, 6) is 0.177. The normalized spacial score (nSPS) is 10.9. The highest BCUT2D eigenvalue weighted by molar-refractivity contribution is 9.10. The van der Waals surface area contributed by atoms with Gasteiger partial charge >= 0.3 is 0 Å². The van der Waals surface area contributed by atoms with Gasteiger partial charge in [-0.25, -0.2) is 4.68 Å². The molecule has 0 aliphatic heterocycles. The molecule has 25 heavy (non-hydrogen) atoms. The summed E-state index contributed by atoms with van der Waals surface area (Å²) in [6.45, 7) is 0. The van der Waals surface area contributed by atoms with Gasteiger partial charge in [-0.05, 0) is 40.2 Å². The number of hydrogen-bond donors (Lipinski definition) is 3. The monoisotopic (exact) mass is 397 g/mol. The minimum Gasteiger partial charge on any atom is -0.508 e. The smallest absolute Gasteiger partial charge is 0.261 e. The predicted molar refractivity (Wildman–Crippen MR) is 97.0 cm³/mol. The van der Waals surface area contributed by atoms with Crippen molar-refractivity contribution in [1.82, 2.24) is 20.0 Å². The van der Waals surface area contributed by atoms with Gasteiger partial charge in [-0.15, -0.1) is 0 Å². The molecule has 8 heteroatoms. The van der Waals surface area contributed by atoms with Crippen molar-refractivity contribution in [2.75, 3.05) is 5.32 Å². The van der Waals surface area contributed by atoms with E-state index in [2.05, 4.69) is 36.5 Å². The first-order chi connectivity index (χ1) is 12.1. The zero-order valence-corrected chi connectivity index (χ0v) is 14.4. The molecule has 0 bridgehead atoms. The lowest BCUT2D eigenvalue weighted by Crippen LogP contribution is -2.12. The number of phenolic OH excluding ortho intramolecular Hbond substituents is 1. The van der Waals surface area contributed by atoms with E-state index >= 15 is 0 Å². The number of H-pyrrole nitrogens is 1. The van der Waals surface area contributed by atoms with Crippen LogP contribution in [0.5, 0.6) is 5.75 Å². The Morgan fingerprint density at radius 1 is 1.20 bits per heavy atom. The molecule has 2 aromatic heterocycles. The lowest BCUT2D eigenvalue weighted by Gasteiger charge is -2.04. The number of nitrogens with one attached hydrogen (secondary N) is 2. The Balaban J connectivity index is 1.64. The van der Waals surface area contributed by atoms with E-state index in [9.17, 15) is 9.90 Å². The Kier molecular flexibility index (Phi) is 3.73. The van der Waals surface area contributed by atoms with Crippen molar-refractivity contribution < 1.29 is 9.90 Å². The third kappa shape index (κ3) is 2.76. The number of phenols is 1. The van der Waals surface area contributed by atoms with E-state index in [4.69, 9.17) is 0 Å². The molecule has 2 heterocycles. The van der Waals surface area contributed by atoms with Crippen molar-refractivity contribution >= 4 is 38.6 Å². The Morgan fingerprint density at radius 3 is 2.80 bits per heavy atom. The quantitative estimate of drug-likeness (QED) is 0.493. The number of carbonyl (C=O) groups is 1. The summed E-state index contributed by atoms with van der Waals surface area (Å²) < 4.78 is 2.18. The predicted octanol–water partition coefficient (Wildman–Crippen LogP) is 3.47. The summed E-state index contributed by atoms with van der Waals surface area (Å²) in [6.07, 6.45) is 1.49. The maximum Gasteiger partial charge on any atom is 0.261 e. The number of amides is 1. The van der Waals surface area contributed by atoms with Gasteiger partial charge in [0.05, 0.1) is 23.0 Å². The number of rotatable bonds is 3. The Morgan fingerprint density at radius 2 is 2.00 bits per heavy atom. The van der Waals surface area contributed by atoms with Gasteiger partial charge < -0.3 is 10.4 Å². The summed E-state index contributed by atoms with van der Waals surface area (Å²) in [4.78, 5) is 12.6. The van der Waals surface area contributed by atoms with Crippen LogP contribution in [0.25, 0.3) is 16.6 Å². The number of halogens is 1. The second-order valence-electron chi connectivity index (χ2n) is 5.35. The van der Waals surface area contributed by atoms with Crippen LogP contribution < -0.4 is 5.32 Å². The van der Waals surface area contributed by atoms with Crippen LogP contribution in [-0.2, 0) is 0 Å². The molecule has 4 aromatic rings. The molecule has 0 radical (unpaired) electrons. The molecule has 0 atom stereocenters. The number of anilines is 1. The molecule has 0 fully saturated rings. The van der Waals surface area contributed by atoms with Crippen molar-refractivity contribution in [3.63, 3.8) is 0 Å². The van der Waals surface area contributed by atoms with Crippen LogP contribution in [0.1, 0.15) is 10.4 Å². The zero-order valence-electron chi connectivity index (χ0n) is 12.8. The Labute approximate surface area is 150 Å². The molecule has 124 valence electrons. The SMILES string of the molecule is O=C(Nc1n[nH]c2cc(O)ccc12)c1cnn(-c2ccccc2)c1Br. The standard InChI is InChI=1S/C17H12BrN5O2/c18-15-13(9-19-23(15)10-4-2-1-3-5-10)17(25)20-16-12-7-6-11(24)8-14(12)21-22-16/h1-9,24H,(H2,20,21,22,25). The topological polar surface area (TPSA) is 95.8 Å². The molecule has 4 rings (SSSR count). The van der Waals surface area contributed by atoms with E-state index in [1.165, 1.54) is 12.3 Å². The maximum absolute atomic E-state index is 12.6. The maximum atomic E-state index is 12.6. The lowest BCUT2D eigenvalue weighted by atomic mass is 10.2. The fourth-order valence-corrected chi connectivity index (χ4v) is 3.09. The van der Waals surface area contributed by atoms with Crippen molar-refractivity contribution in [3.8, 4) is 11.4 Å². The van der Waals surface area contributed by atoms with Gasteiger partial charge in [0.2, 0.25) is 0 Å². The van der Waals surface area contributed by atoms with Gasteiger partial charge in [0.1, 0.15) is 10.4 Å². The molecule has 0 aliphatic carbocycles. The number of benzene rings is 2. The fourth-order valence-electron chi connectivity index (χ4n) is 2.51. The number of carbonyl (C=O) groups excluding carboxylic acids is 1. The molecule has 3 N–H and O–H groups in total. The molecular formula is C17H12BrN5O2. The van der Waals surface area contributed by atoms with E-state index in [0.717, 1.165) is 5.69 Å². The molecule has 1 amide bonds. The highest BCUT2D eigenvalue weighted by Gasteiger charge is 2.18. The highest BCUT2D eigenvalue weighted by Crippen LogP contribution is 2.26. The molecule has 2 aromatic carbocycles. The molecule has 0 saturated carbocycles. The second kappa shape index (κ2) is 6.06. The second-order valence-corrected chi connectivity index (χ2v) is 6.10. The van der Waals surface area contributed by atoms with Crippen molar-refractivity contribution in [2.24, 2.45) is 0 Å². The molecular weight excluding hydrogens is 386 g/mol. The largest absolute Gasteiger partial charge is 0.508 e. The average Bonchev–Trinajstić information content (AvgIpc) is 3.19. The summed E-state index contributed by atoms with van der Waals surface area (Å²) in [5.41, 5.74) is 1.86. The third-order valence-electron chi connectivity index (χ3n) is 3.73. The number of aromatic amines is 1. The van der Waals surface area contributed by atoms with Crippen LogP contribution >= 0.6 is 15.9 Å². The van der Waals surface area contributed by atoms with E-state index < -0.39 is 0 Å². The van der Waals surface area contributed by atoms with Gasteiger partial charge in [0.25, 0.3) is 5.91 Å². The minimum atomic E-state index is -0.337. The Hall–Kier alpha value is -3.13. The average molecular weight is 398 g/mol. The number of para-hydroxylation sites is 1. The molecule has 0 unspecified atom stereocenters. The first kappa shape index (κ1) is 15.4. The van der Waals surface area contributed by atoms with Crippen molar-refractivity contribution in [1.29, 1.82) is 0 Å². The number of nitrogens with zero attached hydrogens (tertiary/aromatic N) is 3. The van der Waals surface area contributed by atoms with Crippen LogP contribution in [0.3, 0.4) is 0 Å². The number of aromatic hydroxyl groups is 1. The summed E-state index contributed by atoms with van der Waals surface area (Å²) in [5, 5.41) is 24.1. The van der Waals surface area contributed by atoms with Gasteiger partial charge in [-0.3, -0.25) is 9.89 Å². The van der Waals surface area contributed by atoms with Crippen LogP contribution in [-0.4, -0.2) is 31.0 Å². The van der Waals surface area contributed by atoms with Crippen LogP contribution in [0, 0.1) is 0 Å². The van der Waals surface area contributed by atoms with Crippen LogP contribution in [0.15, 0.2) is 59.3 Å². The zero-order chi connectivity index (χ0) is 17.4. The van der Waals surface area contributed by atoms with Gasteiger partial charge in [-0.2, -0.15) is 10.2 Å². The van der Waals surface area contributed by atoms with Gasteiger partial charge in [0.15, 0.2) is 5.82 Å². The van der Waals surface area contributed by atoms with E-state index in [1.807, 2.05) is 30.3 Å². The molecule has 7 nitrogen and oxygen atoms in total.